The Morgan fingerprint density at radius 3 is 2.59 bits per heavy atom. The highest BCUT2D eigenvalue weighted by Gasteiger charge is 2.03. The van der Waals surface area contributed by atoms with Gasteiger partial charge >= 0.3 is 0 Å². The lowest BCUT2D eigenvalue weighted by atomic mass is 10.0. The summed E-state index contributed by atoms with van der Waals surface area (Å²) in [6.45, 7) is 4.21. The van der Waals surface area contributed by atoms with E-state index >= 15 is 0 Å². The summed E-state index contributed by atoms with van der Waals surface area (Å²) in [5.74, 6) is 0.400. The Balaban J connectivity index is 2.42. The lowest BCUT2D eigenvalue weighted by Gasteiger charge is -2.05. The zero-order valence-electron chi connectivity index (χ0n) is 10.8. The van der Waals surface area contributed by atoms with Crippen LogP contribution in [0, 0.1) is 0 Å². The molecule has 1 aromatic carbocycles. The molecule has 0 amide bonds. The Hall–Kier alpha value is -0.630. The summed E-state index contributed by atoms with van der Waals surface area (Å²) < 4.78 is 1.19. The van der Waals surface area contributed by atoms with Crippen molar-refractivity contribution in [2.24, 2.45) is 0 Å². The highest BCUT2D eigenvalue weighted by atomic mass is 79.9. The summed E-state index contributed by atoms with van der Waals surface area (Å²) in [5, 5.41) is 0. The molecule has 0 aliphatic heterocycles. The van der Waals surface area contributed by atoms with Crippen molar-refractivity contribution >= 4 is 21.7 Å². The molecule has 0 aromatic heterocycles. The van der Waals surface area contributed by atoms with Gasteiger partial charge in [0.05, 0.1) is 0 Å². The van der Waals surface area contributed by atoms with Crippen LogP contribution < -0.4 is 0 Å². The third kappa shape index (κ3) is 5.03. The van der Waals surface area contributed by atoms with E-state index in [2.05, 4.69) is 48.0 Å². The summed E-state index contributed by atoms with van der Waals surface area (Å²) in [4.78, 5) is 11.4. The second-order valence-electron chi connectivity index (χ2n) is 4.42. The van der Waals surface area contributed by atoms with E-state index in [-0.39, 0.29) is 0 Å². The molecule has 0 radical (unpaired) electrons. The van der Waals surface area contributed by atoms with Crippen molar-refractivity contribution in [1.82, 2.24) is 0 Å². The van der Waals surface area contributed by atoms with Crippen LogP contribution in [-0.4, -0.2) is 5.78 Å². The molecule has 0 bridgehead atoms. The number of ketones is 1. The summed E-state index contributed by atoms with van der Waals surface area (Å²) in [6.07, 6.45) is 5.44. The topological polar surface area (TPSA) is 17.1 Å². The van der Waals surface area contributed by atoms with Crippen LogP contribution >= 0.6 is 15.9 Å². The van der Waals surface area contributed by atoms with Gasteiger partial charge in [-0.25, -0.2) is 0 Å². The van der Waals surface area contributed by atoms with E-state index in [1.54, 1.807) is 0 Å². The molecule has 2 heteroatoms. The van der Waals surface area contributed by atoms with Crippen molar-refractivity contribution in [3.63, 3.8) is 0 Å². The van der Waals surface area contributed by atoms with Gasteiger partial charge in [-0.3, -0.25) is 4.79 Å². The van der Waals surface area contributed by atoms with E-state index in [0.29, 0.717) is 5.78 Å². The molecule has 0 aliphatic carbocycles. The second kappa shape index (κ2) is 7.65. The quantitative estimate of drug-likeness (QED) is 0.712. The molecular weight excluding hydrogens is 276 g/mol. The predicted molar refractivity (Wildman–Crippen MR) is 76.4 cm³/mol. The highest BCUT2D eigenvalue weighted by molar-refractivity contribution is 9.10. The van der Waals surface area contributed by atoms with Crippen molar-refractivity contribution in [3.05, 3.63) is 33.8 Å². The lowest BCUT2D eigenvalue weighted by Crippen LogP contribution is -1.98. The van der Waals surface area contributed by atoms with Crippen LogP contribution in [0.25, 0.3) is 0 Å². The van der Waals surface area contributed by atoms with Crippen LogP contribution in [0.4, 0.5) is 0 Å². The summed E-state index contributed by atoms with van der Waals surface area (Å²) >= 11 is 3.59. The van der Waals surface area contributed by atoms with E-state index in [4.69, 9.17) is 0 Å². The number of aryl methyl sites for hydroxylation is 2. The molecule has 1 nitrogen and oxygen atoms in total. The first-order chi connectivity index (χ1) is 8.17. The maximum Gasteiger partial charge on any atom is 0.132 e. The van der Waals surface area contributed by atoms with Gasteiger partial charge in [-0.05, 0) is 42.9 Å². The number of rotatable bonds is 7. The first kappa shape index (κ1) is 14.4. The fraction of sp³-hybridized carbons (Fsp3) is 0.533. The second-order valence-corrected chi connectivity index (χ2v) is 5.28. The van der Waals surface area contributed by atoms with E-state index in [9.17, 15) is 4.79 Å². The van der Waals surface area contributed by atoms with Gasteiger partial charge in [0.1, 0.15) is 5.78 Å². The molecule has 0 unspecified atom stereocenters. The Bertz CT molecular complexity index is 371. The zero-order valence-corrected chi connectivity index (χ0v) is 12.3. The number of hydrogen-bond acceptors (Lipinski definition) is 1. The standard InChI is InChI=1S/C15H21BrO/c1-3-6-14(17)8-5-7-12-9-10-13(4-2)15(16)11-12/h9-11H,3-8H2,1-2H3. The predicted octanol–water partition coefficient (Wildman–Crippen LogP) is 4.70. The van der Waals surface area contributed by atoms with Crippen LogP contribution in [0.5, 0.6) is 0 Å². The smallest absolute Gasteiger partial charge is 0.132 e. The van der Waals surface area contributed by atoms with Crippen molar-refractivity contribution < 1.29 is 4.79 Å². The Kier molecular flexibility index (Phi) is 6.49. The third-order valence-corrected chi connectivity index (χ3v) is 3.69. The molecule has 0 aliphatic rings. The number of halogens is 1. The van der Waals surface area contributed by atoms with Gasteiger partial charge in [0, 0.05) is 17.3 Å². The number of Topliss-reactive ketones (excluding diaryl/α,β-unsaturated/α-hetero) is 1. The minimum atomic E-state index is 0.400. The van der Waals surface area contributed by atoms with Gasteiger partial charge in [0.15, 0.2) is 0 Å². The molecule has 0 heterocycles. The molecule has 0 spiro atoms. The normalized spacial score (nSPS) is 10.5. The number of hydrogen-bond donors (Lipinski definition) is 0. The number of benzene rings is 1. The fourth-order valence-electron chi connectivity index (χ4n) is 1.93. The maximum atomic E-state index is 11.4. The van der Waals surface area contributed by atoms with Crippen LogP contribution in [0.2, 0.25) is 0 Å². The average Bonchev–Trinajstić information content (AvgIpc) is 2.29. The van der Waals surface area contributed by atoms with Crippen LogP contribution in [0.3, 0.4) is 0 Å². The molecule has 0 saturated carbocycles. The molecule has 0 atom stereocenters. The van der Waals surface area contributed by atoms with Gasteiger partial charge in [-0.1, -0.05) is 41.9 Å². The summed E-state index contributed by atoms with van der Waals surface area (Å²) in [7, 11) is 0. The molecule has 1 aromatic rings. The monoisotopic (exact) mass is 296 g/mol. The molecular formula is C15H21BrO. The Labute approximate surface area is 113 Å². The minimum absolute atomic E-state index is 0.400. The van der Waals surface area contributed by atoms with E-state index < -0.39 is 0 Å². The van der Waals surface area contributed by atoms with Crippen molar-refractivity contribution in [1.29, 1.82) is 0 Å². The van der Waals surface area contributed by atoms with Crippen LogP contribution in [-0.2, 0) is 17.6 Å². The van der Waals surface area contributed by atoms with Crippen LogP contribution in [0.15, 0.2) is 22.7 Å². The van der Waals surface area contributed by atoms with Gasteiger partial charge in [-0.2, -0.15) is 0 Å². The average molecular weight is 297 g/mol. The first-order valence-corrected chi connectivity index (χ1v) is 7.25. The number of carbonyl (C=O) groups is 1. The summed E-state index contributed by atoms with van der Waals surface area (Å²) in [6, 6.07) is 6.53. The van der Waals surface area contributed by atoms with E-state index in [1.807, 2.05) is 0 Å². The molecule has 94 valence electrons. The van der Waals surface area contributed by atoms with Gasteiger partial charge in [0.2, 0.25) is 0 Å². The molecule has 0 saturated heterocycles. The highest BCUT2D eigenvalue weighted by Crippen LogP contribution is 2.20. The third-order valence-electron chi connectivity index (χ3n) is 2.95. The van der Waals surface area contributed by atoms with Crippen molar-refractivity contribution in [2.75, 3.05) is 0 Å². The van der Waals surface area contributed by atoms with Gasteiger partial charge < -0.3 is 0 Å². The zero-order chi connectivity index (χ0) is 12.7. The number of carbonyl (C=O) groups excluding carboxylic acids is 1. The van der Waals surface area contributed by atoms with E-state index in [0.717, 1.165) is 38.5 Å². The Morgan fingerprint density at radius 2 is 2.00 bits per heavy atom. The van der Waals surface area contributed by atoms with Crippen molar-refractivity contribution in [2.45, 2.75) is 52.4 Å². The SMILES string of the molecule is CCCC(=O)CCCc1ccc(CC)c(Br)c1. The molecule has 17 heavy (non-hydrogen) atoms. The van der Waals surface area contributed by atoms with E-state index in [1.165, 1.54) is 15.6 Å². The molecule has 0 fully saturated rings. The molecule has 0 N–H and O–H groups in total. The molecule has 1 rings (SSSR count). The first-order valence-electron chi connectivity index (χ1n) is 6.46. The van der Waals surface area contributed by atoms with Gasteiger partial charge in [0.25, 0.3) is 0 Å². The lowest BCUT2D eigenvalue weighted by molar-refractivity contribution is -0.119. The van der Waals surface area contributed by atoms with Gasteiger partial charge in [-0.15, -0.1) is 0 Å². The summed E-state index contributed by atoms with van der Waals surface area (Å²) in [5.41, 5.74) is 2.66. The minimum Gasteiger partial charge on any atom is -0.300 e. The van der Waals surface area contributed by atoms with Crippen molar-refractivity contribution in [3.8, 4) is 0 Å². The maximum absolute atomic E-state index is 11.4. The van der Waals surface area contributed by atoms with Crippen LogP contribution in [0.1, 0.15) is 50.7 Å². The largest absolute Gasteiger partial charge is 0.300 e. The Morgan fingerprint density at radius 1 is 1.24 bits per heavy atom. The fourth-order valence-corrected chi connectivity index (χ4v) is 2.63.